The third kappa shape index (κ3) is 4.26. The van der Waals surface area contributed by atoms with E-state index in [1.54, 1.807) is 19.1 Å². The molecule has 1 aliphatic carbocycles. The van der Waals surface area contributed by atoms with Crippen molar-refractivity contribution in [3.63, 3.8) is 0 Å². The van der Waals surface area contributed by atoms with E-state index in [1.165, 1.54) is 6.07 Å². The second kappa shape index (κ2) is 8.72. The third-order valence-electron chi connectivity index (χ3n) is 5.24. The Morgan fingerprint density at radius 2 is 1.71 bits per heavy atom. The highest BCUT2D eigenvalue weighted by molar-refractivity contribution is 5.79. The number of hydrogen-bond donors (Lipinski definition) is 1. The van der Waals surface area contributed by atoms with Crippen LogP contribution in [0.4, 0.5) is 10.5 Å². The summed E-state index contributed by atoms with van der Waals surface area (Å²) in [6.45, 7) is 2.03. The molecule has 4 rings (SSSR count). The molecule has 1 aliphatic rings. The summed E-state index contributed by atoms with van der Waals surface area (Å²) in [5.41, 5.74) is 5.66. The molecule has 0 heterocycles. The number of amides is 1. The highest BCUT2D eigenvalue weighted by Crippen LogP contribution is 2.44. The van der Waals surface area contributed by atoms with Gasteiger partial charge in [-0.15, -0.1) is 0 Å². The number of alkyl carbamates (subject to hydrolysis) is 1. The highest BCUT2D eigenvalue weighted by Gasteiger charge is 2.28. The van der Waals surface area contributed by atoms with Gasteiger partial charge >= 0.3 is 6.09 Å². The SMILES string of the molecule is Cc1ccc(C#CCNC(=O)OCC2c3ccccc3-c3ccccc32)c([N+](=O)[O-])c1. The van der Waals surface area contributed by atoms with Gasteiger partial charge in [-0.3, -0.25) is 10.1 Å². The van der Waals surface area contributed by atoms with Crippen molar-refractivity contribution in [1.29, 1.82) is 0 Å². The molecule has 1 amide bonds. The van der Waals surface area contributed by atoms with Crippen molar-refractivity contribution in [1.82, 2.24) is 5.32 Å². The van der Waals surface area contributed by atoms with E-state index in [-0.39, 0.29) is 24.8 Å². The van der Waals surface area contributed by atoms with Crippen molar-refractivity contribution < 1.29 is 14.5 Å². The van der Waals surface area contributed by atoms with Gasteiger partial charge in [-0.25, -0.2) is 4.79 Å². The standard InChI is InChI=1S/C25H20N2O4/c1-17-12-13-18(24(15-17)27(29)30)7-6-14-26-25(28)31-16-23-21-10-4-2-8-19(21)20-9-3-5-11-22(20)23/h2-5,8-13,15,23H,14,16H2,1H3,(H,26,28). The molecule has 154 valence electrons. The smallest absolute Gasteiger partial charge is 0.407 e. The van der Waals surface area contributed by atoms with E-state index < -0.39 is 11.0 Å². The van der Waals surface area contributed by atoms with Crippen LogP contribution in [0.15, 0.2) is 66.7 Å². The maximum Gasteiger partial charge on any atom is 0.407 e. The second-order valence-corrected chi connectivity index (χ2v) is 7.26. The molecule has 31 heavy (non-hydrogen) atoms. The normalized spacial score (nSPS) is 11.6. The molecule has 1 N–H and O–H groups in total. The van der Waals surface area contributed by atoms with Gasteiger partial charge in [0.05, 0.1) is 11.5 Å². The van der Waals surface area contributed by atoms with Gasteiger partial charge in [-0.2, -0.15) is 0 Å². The van der Waals surface area contributed by atoms with Crippen LogP contribution < -0.4 is 5.32 Å². The third-order valence-corrected chi connectivity index (χ3v) is 5.24. The summed E-state index contributed by atoms with van der Waals surface area (Å²) in [6.07, 6.45) is -0.574. The van der Waals surface area contributed by atoms with Gasteiger partial charge in [-0.05, 0) is 40.8 Å². The molecule has 0 fully saturated rings. The summed E-state index contributed by atoms with van der Waals surface area (Å²) in [5.74, 6) is 5.46. The van der Waals surface area contributed by atoms with Crippen LogP contribution in [0.25, 0.3) is 11.1 Å². The summed E-state index contributed by atoms with van der Waals surface area (Å²) in [5, 5.41) is 13.7. The number of aryl methyl sites for hydroxylation is 1. The maximum absolute atomic E-state index is 12.1. The number of carbonyl (C=O) groups is 1. The fourth-order valence-electron chi connectivity index (χ4n) is 3.80. The Balaban J connectivity index is 1.37. The maximum atomic E-state index is 12.1. The summed E-state index contributed by atoms with van der Waals surface area (Å²) >= 11 is 0. The molecular weight excluding hydrogens is 392 g/mol. The lowest BCUT2D eigenvalue weighted by Gasteiger charge is -2.14. The largest absolute Gasteiger partial charge is 0.449 e. The number of nitrogens with zero attached hydrogens (tertiary/aromatic N) is 1. The van der Waals surface area contributed by atoms with Gasteiger partial charge in [0, 0.05) is 12.0 Å². The van der Waals surface area contributed by atoms with E-state index in [1.807, 2.05) is 24.3 Å². The first kappa shape index (κ1) is 20.2. The van der Waals surface area contributed by atoms with E-state index in [0.717, 1.165) is 27.8 Å². The molecule has 3 aromatic rings. The number of hydrogen-bond acceptors (Lipinski definition) is 4. The van der Waals surface area contributed by atoms with E-state index in [9.17, 15) is 14.9 Å². The monoisotopic (exact) mass is 412 g/mol. The van der Waals surface area contributed by atoms with Gasteiger partial charge in [0.1, 0.15) is 12.2 Å². The molecule has 0 saturated carbocycles. The van der Waals surface area contributed by atoms with Crippen molar-refractivity contribution in [3.05, 3.63) is 99.1 Å². The molecule has 6 heteroatoms. The molecule has 0 bridgehead atoms. The number of nitrogens with one attached hydrogen (secondary N) is 1. The predicted molar refractivity (Wildman–Crippen MR) is 118 cm³/mol. The Bertz CT molecular complexity index is 1180. The average Bonchev–Trinajstić information content (AvgIpc) is 3.10. The minimum atomic E-state index is -0.574. The van der Waals surface area contributed by atoms with Crippen molar-refractivity contribution in [3.8, 4) is 23.0 Å². The minimum absolute atomic E-state index is 0.0144. The average molecular weight is 412 g/mol. The first-order valence-corrected chi connectivity index (χ1v) is 9.87. The lowest BCUT2D eigenvalue weighted by atomic mass is 9.98. The molecule has 6 nitrogen and oxygen atoms in total. The molecular formula is C25H20N2O4. The Hall–Kier alpha value is -4.11. The Morgan fingerprint density at radius 1 is 1.06 bits per heavy atom. The van der Waals surface area contributed by atoms with Gasteiger partial charge < -0.3 is 10.1 Å². The van der Waals surface area contributed by atoms with Crippen molar-refractivity contribution in [2.75, 3.05) is 13.2 Å². The van der Waals surface area contributed by atoms with Crippen molar-refractivity contribution in [2.45, 2.75) is 12.8 Å². The topological polar surface area (TPSA) is 81.5 Å². The van der Waals surface area contributed by atoms with Crippen LogP contribution in [0, 0.1) is 28.9 Å². The molecule has 3 aromatic carbocycles. The van der Waals surface area contributed by atoms with E-state index in [2.05, 4.69) is 41.4 Å². The molecule has 0 saturated heterocycles. The zero-order valence-electron chi connectivity index (χ0n) is 16.9. The van der Waals surface area contributed by atoms with Gasteiger partial charge in [0.15, 0.2) is 0 Å². The van der Waals surface area contributed by atoms with Crippen LogP contribution in [0.1, 0.15) is 28.2 Å². The van der Waals surface area contributed by atoms with E-state index in [0.29, 0.717) is 5.56 Å². The fourth-order valence-corrected chi connectivity index (χ4v) is 3.80. The zero-order valence-corrected chi connectivity index (χ0v) is 16.9. The van der Waals surface area contributed by atoms with Crippen LogP contribution in [-0.4, -0.2) is 24.2 Å². The Morgan fingerprint density at radius 3 is 2.35 bits per heavy atom. The van der Waals surface area contributed by atoms with Crippen molar-refractivity contribution in [2.24, 2.45) is 0 Å². The van der Waals surface area contributed by atoms with Crippen LogP contribution in [0.5, 0.6) is 0 Å². The van der Waals surface area contributed by atoms with Gasteiger partial charge in [0.25, 0.3) is 5.69 Å². The summed E-state index contributed by atoms with van der Waals surface area (Å²) in [6, 6.07) is 21.1. The zero-order chi connectivity index (χ0) is 21.8. The highest BCUT2D eigenvalue weighted by atomic mass is 16.6. The quantitative estimate of drug-likeness (QED) is 0.379. The van der Waals surface area contributed by atoms with Crippen LogP contribution in [0.2, 0.25) is 0 Å². The lowest BCUT2D eigenvalue weighted by Crippen LogP contribution is -2.26. The number of carbonyl (C=O) groups excluding carboxylic acids is 1. The molecule has 0 aromatic heterocycles. The first-order chi connectivity index (χ1) is 15.0. The van der Waals surface area contributed by atoms with Gasteiger partial charge in [-0.1, -0.05) is 66.4 Å². The number of benzene rings is 3. The number of rotatable bonds is 4. The second-order valence-electron chi connectivity index (χ2n) is 7.26. The van der Waals surface area contributed by atoms with Crippen LogP contribution in [0.3, 0.4) is 0 Å². The van der Waals surface area contributed by atoms with Crippen molar-refractivity contribution >= 4 is 11.8 Å². The Labute approximate surface area is 180 Å². The number of ether oxygens (including phenoxy) is 1. The Kier molecular flexibility index (Phi) is 5.67. The van der Waals surface area contributed by atoms with E-state index in [4.69, 9.17) is 4.74 Å². The summed E-state index contributed by atoms with van der Waals surface area (Å²) in [4.78, 5) is 22.8. The van der Waals surface area contributed by atoms with Crippen LogP contribution in [-0.2, 0) is 4.74 Å². The predicted octanol–water partition coefficient (Wildman–Crippen LogP) is 4.79. The minimum Gasteiger partial charge on any atom is -0.449 e. The first-order valence-electron chi connectivity index (χ1n) is 9.87. The lowest BCUT2D eigenvalue weighted by molar-refractivity contribution is -0.385. The number of nitro benzene ring substituents is 1. The molecule has 0 radical (unpaired) electrons. The van der Waals surface area contributed by atoms with Gasteiger partial charge in [0.2, 0.25) is 0 Å². The molecule has 0 aliphatic heterocycles. The number of fused-ring (bicyclic) bond motifs is 3. The molecule has 0 spiro atoms. The summed E-state index contributed by atoms with van der Waals surface area (Å²) in [7, 11) is 0. The number of nitro groups is 1. The molecule has 0 atom stereocenters. The van der Waals surface area contributed by atoms with Crippen LogP contribution >= 0.6 is 0 Å². The summed E-state index contributed by atoms with van der Waals surface area (Å²) < 4.78 is 5.44. The molecule has 0 unspecified atom stereocenters. The van der Waals surface area contributed by atoms with E-state index >= 15 is 0 Å². The fraction of sp³-hybridized carbons (Fsp3) is 0.160.